The van der Waals surface area contributed by atoms with Crippen LogP contribution >= 0.6 is 0 Å². The smallest absolute Gasteiger partial charge is 0.265 e. The van der Waals surface area contributed by atoms with E-state index in [0.717, 1.165) is 37.2 Å². The fourth-order valence-corrected chi connectivity index (χ4v) is 3.52. The molecule has 0 saturated carbocycles. The summed E-state index contributed by atoms with van der Waals surface area (Å²) in [5.41, 5.74) is 2.29. The fraction of sp³-hybridized carbons (Fsp3) is 0.333. The molecule has 0 bridgehead atoms. The summed E-state index contributed by atoms with van der Waals surface area (Å²) in [5, 5.41) is 6.20. The minimum absolute atomic E-state index is 0.0744. The Kier molecular flexibility index (Phi) is 4.71. The molecule has 2 aromatic rings. The molecular weight excluding hydrogens is 342 g/mol. The van der Waals surface area contributed by atoms with Crippen LogP contribution < -0.4 is 15.4 Å². The fourth-order valence-electron chi connectivity index (χ4n) is 3.52. The van der Waals surface area contributed by atoms with Gasteiger partial charge in [-0.2, -0.15) is 0 Å². The van der Waals surface area contributed by atoms with Crippen LogP contribution in [0, 0.1) is 0 Å². The van der Waals surface area contributed by atoms with E-state index in [2.05, 4.69) is 10.6 Å². The highest BCUT2D eigenvalue weighted by atomic mass is 16.5. The van der Waals surface area contributed by atoms with Gasteiger partial charge >= 0.3 is 0 Å². The van der Waals surface area contributed by atoms with Gasteiger partial charge in [0.05, 0.1) is 5.69 Å². The largest absolute Gasteiger partial charge is 0.479 e. The van der Waals surface area contributed by atoms with Crippen LogP contribution in [0.1, 0.15) is 31.4 Å². The second-order valence-electron chi connectivity index (χ2n) is 6.98. The molecule has 0 aromatic heterocycles. The predicted molar refractivity (Wildman–Crippen MR) is 104 cm³/mol. The predicted octanol–water partition coefficient (Wildman–Crippen LogP) is 3.18. The molecular formula is C21H23N3O3. The summed E-state index contributed by atoms with van der Waals surface area (Å²) in [6.45, 7) is 3.32. The van der Waals surface area contributed by atoms with Crippen LogP contribution in [0.15, 0.2) is 48.5 Å². The number of nitrogens with zero attached hydrogens (tertiary/aromatic N) is 1. The van der Waals surface area contributed by atoms with Crippen LogP contribution in [0.3, 0.4) is 0 Å². The van der Waals surface area contributed by atoms with Crippen molar-refractivity contribution in [2.75, 3.05) is 23.7 Å². The van der Waals surface area contributed by atoms with Gasteiger partial charge in [-0.1, -0.05) is 30.3 Å². The average Bonchev–Trinajstić information content (AvgIpc) is 3.22. The van der Waals surface area contributed by atoms with Gasteiger partial charge in [0.25, 0.3) is 5.91 Å². The third-order valence-corrected chi connectivity index (χ3v) is 5.02. The number of likely N-dealkylation sites (tertiary alicyclic amines) is 1. The first-order chi connectivity index (χ1) is 13.1. The van der Waals surface area contributed by atoms with Crippen molar-refractivity contribution in [3.05, 3.63) is 54.1 Å². The van der Waals surface area contributed by atoms with Crippen molar-refractivity contribution in [1.29, 1.82) is 0 Å². The lowest BCUT2D eigenvalue weighted by Gasteiger charge is -2.27. The Hall–Kier alpha value is -3.02. The van der Waals surface area contributed by atoms with Crippen LogP contribution in [0.4, 0.5) is 11.4 Å². The Morgan fingerprint density at radius 3 is 2.67 bits per heavy atom. The molecule has 6 heteroatoms. The molecule has 6 nitrogen and oxygen atoms in total. The summed E-state index contributed by atoms with van der Waals surface area (Å²) in [6.07, 6.45) is 1.59. The van der Waals surface area contributed by atoms with E-state index >= 15 is 0 Å². The number of hydrogen-bond acceptors (Lipinski definition) is 4. The first kappa shape index (κ1) is 17.4. The third-order valence-electron chi connectivity index (χ3n) is 5.02. The van der Waals surface area contributed by atoms with Gasteiger partial charge in [0.2, 0.25) is 5.91 Å². The second-order valence-corrected chi connectivity index (χ2v) is 6.98. The maximum atomic E-state index is 13.1. The van der Waals surface area contributed by atoms with Gasteiger partial charge in [-0.15, -0.1) is 0 Å². The van der Waals surface area contributed by atoms with Crippen LogP contribution in [-0.2, 0) is 9.59 Å². The maximum absolute atomic E-state index is 13.1. The van der Waals surface area contributed by atoms with Gasteiger partial charge < -0.3 is 20.3 Å². The Morgan fingerprint density at radius 2 is 1.93 bits per heavy atom. The number of nitrogens with one attached hydrogen (secondary N) is 2. The standard InChI is InChI=1S/C21H23N3O3/c1-14-20(25)23-17-13-16(9-10-18(17)27-14)22-19(15-7-3-2-4-8-15)21(26)24-11-5-6-12-24/h2-4,7-10,13-14,19,22H,5-6,11-12H2,1H3,(H,23,25)/t14-,19+/m0/s1. The molecule has 2 aliphatic heterocycles. The number of amides is 2. The lowest BCUT2D eigenvalue weighted by molar-refractivity contribution is -0.131. The molecule has 2 atom stereocenters. The van der Waals surface area contributed by atoms with Gasteiger partial charge in [0, 0.05) is 18.8 Å². The van der Waals surface area contributed by atoms with Gasteiger partial charge in [0.15, 0.2) is 6.10 Å². The van der Waals surface area contributed by atoms with Crippen molar-refractivity contribution in [2.24, 2.45) is 0 Å². The van der Waals surface area contributed by atoms with Gasteiger partial charge in [-0.25, -0.2) is 0 Å². The van der Waals surface area contributed by atoms with Crippen molar-refractivity contribution in [3.8, 4) is 5.75 Å². The molecule has 2 aliphatic rings. The van der Waals surface area contributed by atoms with E-state index in [4.69, 9.17) is 4.74 Å². The highest BCUT2D eigenvalue weighted by Crippen LogP contribution is 2.33. The maximum Gasteiger partial charge on any atom is 0.265 e. The quantitative estimate of drug-likeness (QED) is 0.873. The molecule has 1 saturated heterocycles. The highest BCUT2D eigenvalue weighted by molar-refractivity contribution is 5.98. The lowest BCUT2D eigenvalue weighted by atomic mass is 10.0. The minimum atomic E-state index is -0.509. The molecule has 0 unspecified atom stereocenters. The Balaban J connectivity index is 1.61. The normalized spacial score (nSPS) is 19.7. The summed E-state index contributed by atoms with van der Waals surface area (Å²) >= 11 is 0. The molecule has 0 radical (unpaired) electrons. The molecule has 2 heterocycles. The zero-order chi connectivity index (χ0) is 18.8. The number of anilines is 2. The van der Waals surface area contributed by atoms with E-state index in [9.17, 15) is 9.59 Å². The molecule has 4 rings (SSSR count). The Bertz CT molecular complexity index is 847. The summed E-state index contributed by atoms with van der Waals surface area (Å²) in [5.74, 6) is 0.535. The third kappa shape index (κ3) is 3.60. The van der Waals surface area contributed by atoms with Crippen molar-refractivity contribution in [3.63, 3.8) is 0 Å². The Morgan fingerprint density at radius 1 is 1.19 bits per heavy atom. The van der Waals surface area contributed by atoms with E-state index in [1.165, 1.54) is 0 Å². The summed E-state index contributed by atoms with van der Waals surface area (Å²) < 4.78 is 5.60. The SMILES string of the molecule is C[C@@H]1Oc2ccc(N[C@@H](C(=O)N3CCCC3)c3ccccc3)cc2NC1=O. The summed E-state index contributed by atoms with van der Waals surface area (Å²) in [6, 6.07) is 14.7. The highest BCUT2D eigenvalue weighted by Gasteiger charge is 2.29. The van der Waals surface area contributed by atoms with Crippen LogP contribution in [0.2, 0.25) is 0 Å². The molecule has 0 spiro atoms. The average molecular weight is 365 g/mol. The Labute approximate surface area is 158 Å². The number of carbonyl (C=O) groups excluding carboxylic acids is 2. The van der Waals surface area contributed by atoms with Crippen molar-refractivity contribution in [1.82, 2.24) is 4.90 Å². The number of hydrogen-bond donors (Lipinski definition) is 2. The molecule has 2 amide bonds. The molecule has 1 fully saturated rings. The zero-order valence-corrected chi connectivity index (χ0v) is 15.3. The number of carbonyl (C=O) groups is 2. The molecule has 0 aliphatic carbocycles. The molecule has 27 heavy (non-hydrogen) atoms. The van der Waals surface area contributed by atoms with Gasteiger partial charge in [-0.05, 0) is 43.5 Å². The van der Waals surface area contributed by atoms with Crippen LogP contribution in [-0.4, -0.2) is 35.9 Å². The van der Waals surface area contributed by atoms with Crippen molar-refractivity contribution < 1.29 is 14.3 Å². The van der Waals surface area contributed by atoms with E-state index in [1.807, 2.05) is 53.4 Å². The van der Waals surface area contributed by atoms with E-state index in [1.54, 1.807) is 6.92 Å². The van der Waals surface area contributed by atoms with Gasteiger partial charge in [0.1, 0.15) is 11.8 Å². The minimum Gasteiger partial charge on any atom is -0.479 e. The van der Waals surface area contributed by atoms with Crippen LogP contribution in [0.5, 0.6) is 5.75 Å². The topological polar surface area (TPSA) is 70.7 Å². The second kappa shape index (κ2) is 7.31. The number of fused-ring (bicyclic) bond motifs is 1. The van der Waals surface area contributed by atoms with E-state index in [-0.39, 0.29) is 11.8 Å². The molecule has 2 aromatic carbocycles. The van der Waals surface area contributed by atoms with Crippen LogP contribution in [0.25, 0.3) is 0 Å². The van der Waals surface area contributed by atoms with E-state index < -0.39 is 12.1 Å². The van der Waals surface area contributed by atoms with Crippen molar-refractivity contribution >= 4 is 23.2 Å². The number of ether oxygens (including phenoxy) is 1. The summed E-state index contributed by atoms with van der Waals surface area (Å²) in [4.78, 5) is 26.9. The number of benzene rings is 2. The first-order valence-corrected chi connectivity index (χ1v) is 9.33. The van der Waals surface area contributed by atoms with Crippen molar-refractivity contribution in [2.45, 2.75) is 31.9 Å². The lowest BCUT2D eigenvalue weighted by Crippen LogP contribution is -2.36. The van der Waals surface area contributed by atoms with Gasteiger partial charge in [-0.3, -0.25) is 9.59 Å². The van der Waals surface area contributed by atoms with E-state index in [0.29, 0.717) is 11.4 Å². The molecule has 140 valence electrons. The first-order valence-electron chi connectivity index (χ1n) is 9.33. The monoisotopic (exact) mass is 365 g/mol. The zero-order valence-electron chi connectivity index (χ0n) is 15.3. The molecule has 2 N–H and O–H groups in total. The summed E-state index contributed by atoms with van der Waals surface area (Å²) in [7, 11) is 0. The number of rotatable bonds is 4.